The van der Waals surface area contributed by atoms with E-state index in [2.05, 4.69) is 0 Å². The Labute approximate surface area is 186 Å². The Bertz CT molecular complexity index is 1150. The number of esters is 1. The number of nitrogens with zero attached hydrogens (tertiary/aromatic N) is 1. The summed E-state index contributed by atoms with van der Waals surface area (Å²) in [5.74, 6) is -0.556. The minimum absolute atomic E-state index is 0.282. The lowest BCUT2D eigenvalue weighted by Gasteiger charge is -2.27. The van der Waals surface area contributed by atoms with Crippen LogP contribution >= 0.6 is 0 Å². The van der Waals surface area contributed by atoms with Crippen molar-refractivity contribution in [2.24, 2.45) is 0 Å². The van der Waals surface area contributed by atoms with Crippen LogP contribution in [-0.2, 0) is 9.53 Å². The van der Waals surface area contributed by atoms with Gasteiger partial charge in [-0.15, -0.1) is 0 Å². The lowest BCUT2D eigenvalue weighted by Crippen LogP contribution is -2.30. The van der Waals surface area contributed by atoms with Gasteiger partial charge >= 0.3 is 5.97 Å². The SMILES string of the molecule is CCOC(=O)c1ccc(N2C(=O)C(O)=C(c3ccc(OC)cc3)C2c2ccccc2)cc1. The van der Waals surface area contributed by atoms with E-state index in [1.807, 2.05) is 42.5 Å². The van der Waals surface area contributed by atoms with Crippen molar-refractivity contribution in [2.45, 2.75) is 13.0 Å². The smallest absolute Gasteiger partial charge is 0.338 e. The van der Waals surface area contributed by atoms with Crippen LogP contribution in [0, 0.1) is 0 Å². The number of hydrogen-bond donors (Lipinski definition) is 1. The number of benzene rings is 3. The number of aliphatic hydroxyl groups is 1. The fourth-order valence-electron chi connectivity index (χ4n) is 3.86. The molecule has 0 aliphatic carbocycles. The molecule has 32 heavy (non-hydrogen) atoms. The highest BCUT2D eigenvalue weighted by Crippen LogP contribution is 2.45. The van der Waals surface area contributed by atoms with Gasteiger partial charge in [-0.3, -0.25) is 9.69 Å². The van der Waals surface area contributed by atoms with Crippen LogP contribution in [0.2, 0.25) is 0 Å². The van der Waals surface area contributed by atoms with Crippen LogP contribution in [0.5, 0.6) is 5.75 Å². The quantitative estimate of drug-likeness (QED) is 0.563. The second-order valence-corrected chi connectivity index (χ2v) is 7.25. The number of aliphatic hydroxyl groups excluding tert-OH is 1. The van der Waals surface area contributed by atoms with Crippen molar-refractivity contribution in [3.63, 3.8) is 0 Å². The number of anilines is 1. The Morgan fingerprint density at radius 3 is 2.22 bits per heavy atom. The molecule has 1 amide bonds. The van der Waals surface area contributed by atoms with Crippen molar-refractivity contribution in [1.29, 1.82) is 0 Å². The predicted molar refractivity (Wildman–Crippen MR) is 122 cm³/mol. The van der Waals surface area contributed by atoms with Crippen LogP contribution in [0.3, 0.4) is 0 Å². The first-order chi connectivity index (χ1) is 15.5. The molecule has 0 spiro atoms. The first kappa shape index (κ1) is 21.2. The van der Waals surface area contributed by atoms with Gasteiger partial charge in [0.15, 0.2) is 5.76 Å². The molecule has 3 aromatic rings. The predicted octanol–water partition coefficient (Wildman–Crippen LogP) is 4.93. The first-order valence-corrected chi connectivity index (χ1v) is 10.3. The zero-order valence-corrected chi connectivity index (χ0v) is 17.8. The normalized spacial score (nSPS) is 15.8. The van der Waals surface area contributed by atoms with Crippen LogP contribution in [0.1, 0.15) is 34.5 Å². The zero-order valence-electron chi connectivity index (χ0n) is 17.8. The highest BCUT2D eigenvalue weighted by atomic mass is 16.5. The maximum atomic E-state index is 13.2. The lowest BCUT2D eigenvalue weighted by atomic mass is 9.93. The van der Waals surface area contributed by atoms with E-state index in [4.69, 9.17) is 9.47 Å². The lowest BCUT2D eigenvalue weighted by molar-refractivity contribution is -0.117. The van der Waals surface area contributed by atoms with E-state index in [1.54, 1.807) is 55.3 Å². The third-order valence-corrected chi connectivity index (χ3v) is 5.38. The van der Waals surface area contributed by atoms with Gasteiger partial charge in [0.05, 0.1) is 25.3 Å². The largest absolute Gasteiger partial charge is 0.503 e. The van der Waals surface area contributed by atoms with Crippen LogP contribution < -0.4 is 9.64 Å². The average molecular weight is 429 g/mol. The molecule has 0 aromatic heterocycles. The van der Waals surface area contributed by atoms with Gasteiger partial charge in [-0.2, -0.15) is 0 Å². The molecule has 1 aliphatic heterocycles. The average Bonchev–Trinajstić information content (AvgIpc) is 3.10. The highest BCUT2D eigenvalue weighted by molar-refractivity contribution is 6.16. The van der Waals surface area contributed by atoms with Gasteiger partial charge < -0.3 is 14.6 Å². The first-order valence-electron chi connectivity index (χ1n) is 10.3. The monoisotopic (exact) mass is 429 g/mol. The van der Waals surface area contributed by atoms with Gasteiger partial charge in [0.25, 0.3) is 5.91 Å². The molecule has 0 radical (unpaired) electrons. The molecule has 0 fully saturated rings. The Balaban J connectivity index is 1.79. The number of ether oxygens (including phenoxy) is 2. The van der Waals surface area contributed by atoms with E-state index >= 15 is 0 Å². The van der Waals surface area contributed by atoms with Gasteiger partial charge in [-0.1, -0.05) is 42.5 Å². The summed E-state index contributed by atoms with van der Waals surface area (Å²) in [5, 5.41) is 10.9. The zero-order chi connectivity index (χ0) is 22.7. The summed E-state index contributed by atoms with van der Waals surface area (Å²) >= 11 is 0. The van der Waals surface area contributed by atoms with E-state index in [0.717, 1.165) is 11.1 Å². The maximum Gasteiger partial charge on any atom is 0.338 e. The molecule has 0 saturated carbocycles. The highest BCUT2D eigenvalue weighted by Gasteiger charge is 2.42. The summed E-state index contributed by atoms with van der Waals surface area (Å²) in [5.41, 5.74) is 3.04. The summed E-state index contributed by atoms with van der Waals surface area (Å²) in [6, 6.07) is 22.8. The Morgan fingerprint density at radius 2 is 1.62 bits per heavy atom. The number of carbonyl (C=O) groups is 2. The third-order valence-electron chi connectivity index (χ3n) is 5.38. The summed E-state index contributed by atoms with van der Waals surface area (Å²) in [4.78, 5) is 26.8. The van der Waals surface area contributed by atoms with Crippen molar-refractivity contribution in [1.82, 2.24) is 0 Å². The molecule has 3 aromatic carbocycles. The molecular weight excluding hydrogens is 406 g/mol. The van der Waals surface area contributed by atoms with Gasteiger partial charge in [-0.25, -0.2) is 4.79 Å². The van der Waals surface area contributed by atoms with Crippen molar-refractivity contribution in [2.75, 3.05) is 18.6 Å². The second kappa shape index (κ2) is 8.98. The number of hydrogen-bond acceptors (Lipinski definition) is 5. The number of amides is 1. The molecule has 1 aliphatic rings. The standard InChI is InChI=1S/C26H23NO5/c1-3-32-26(30)19-9-13-20(14-10-19)27-23(18-7-5-4-6-8-18)22(24(28)25(27)29)17-11-15-21(31-2)16-12-17/h4-16,23,28H,3H2,1-2H3. The van der Waals surface area contributed by atoms with Gasteiger partial charge in [-0.05, 0) is 54.4 Å². The topological polar surface area (TPSA) is 76.1 Å². The molecule has 6 nitrogen and oxygen atoms in total. The van der Waals surface area contributed by atoms with E-state index in [-0.39, 0.29) is 12.4 Å². The molecular formula is C26H23NO5. The molecule has 1 heterocycles. The van der Waals surface area contributed by atoms with Crippen LogP contribution in [0.25, 0.3) is 5.57 Å². The molecule has 1 atom stereocenters. The van der Waals surface area contributed by atoms with Crippen LogP contribution in [0.15, 0.2) is 84.6 Å². The molecule has 0 bridgehead atoms. The van der Waals surface area contributed by atoms with Crippen molar-refractivity contribution >= 4 is 23.1 Å². The summed E-state index contributed by atoms with van der Waals surface area (Å²) in [7, 11) is 1.58. The maximum absolute atomic E-state index is 13.2. The number of rotatable bonds is 6. The van der Waals surface area contributed by atoms with E-state index in [0.29, 0.717) is 22.6 Å². The molecule has 1 N–H and O–H groups in total. The van der Waals surface area contributed by atoms with Gasteiger partial charge in [0, 0.05) is 11.3 Å². The van der Waals surface area contributed by atoms with Crippen molar-refractivity contribution < 1.29 is 24.2 Å². The summed E-state index contributed by atoms with van der Waals surface area (Å²) in [6.45, 7) is 2.03. The van der Waals surface area contributed by atoms with Crippen molar-refractivity contribution in [3.8, 4) is 5.75 Å². The van der Waals surface area contributed by atoms with Crippen LogP contribution in [-0.4, -0.2) is 30.7 Å². The Kier molecular flexibility index (Phi) is 5.94. The van der Waals surface area contributed by atoms with Gasteiger partial charge in [0.2, 0.25) is 0 Å². The van der Waals surface area contributed by atoms with E-state index in [1.165, 1.54) is 0 Å². The number of methoxy groups -OCH3 is 1. The summed E-state index contributed by atoms with van der Waals surface area (Å²) in [6.07, 6.45) is 0. The minimum atomic E-state index is -0.537. The van der Waals surface area contributed by atoms with Gasteiger partial charge in [0.1, 0.15) is 5.75 Å². The molecule has 0 saturated heterocycles. The van der Waals surface area contributed by atoms with E-state index in [9.17, 15) is 14.7 Å². The molecule has 4 rings (SSSR count). The van der Waals surface area contributed by atoms with Crippen molar-refractivity contribution in [3.05, 3.63) is 101 Å². The second-order valence-electron chi connectivity index (χ2n) is 7.25. The number of carbonyl (C=O) groups excluding carboxylic acids is 2. The molecule has 6 heteroatoms. The molecule has 162 valence electrons. The fourth-order valence-corrected chi connectivity index (χ4v) is 3.86. The fraction of sp³-hybridized carbons (Fsp3) is 0.154. The Morgan fingerprint density at radius 1 is 0.969 bits per heavy atom. The summed E-state index contributed by atoms with van der Waals surface area (Å²) < 4.78 is 10.3. The van der Waals surface area contributed by atoms with E-state index < -0.39 is 17.9 Å². The Hall–Kier alpha value is -4.06. The van der Waals surface area contributed by atoms with Crippen LogP contribution in [0.4, 0.5) is 5.69 Å². The third kappa shape index (κ3) is 3.83. The molecule has 1 unspecified atom stereocenters. The minimum Gasteiger partial charge on any atom is -0.503 e.